The van der Waals surface area contributed by atoms with Gasteiger partial charge in [-0.05, 0) is 38.1 Å². The quantitative estimate of drug-likeness (QED) is 0.784. The van der Waals surface area contributed by atoms with Crippen LogP contribution in [0, 0.1) is 0 Å². The Kier molecular flexibility index (Phi) is 6.09. The van der Waals surface area contributed by atoms with E-state index in [4.69, 9.17) is 11.6 Å². The van der Waals surface area contributed by atoms with Gasteiger partial charge >= 0.3 is 0 Å². The molecule has 2 aliphatic heterocycles. The van der Waals surface area contributed by atoms with Gasteiger partial charge in [0.05, 0.1) is 6.04 Å². The van der Waals surface area contributed by atoms with Gasteiger partial charge in [0.25, 0.3) is 0 Å². The van der Waals surface area contributed by atoms with E-state index in [1.807, 2.05) is 18.3 Å². The minimum atomic E-state index is 0.0829. The summed E-state index contributed by atoms with van der Waals surface area (Å²) in [7, 11) is 2.09. The highest BCUT2D eigenvalue weighted by Gasteiger charge is 2.30. The van der Waals surface area contributed by atoms with Crippen molar-refractivity contribution >= 4 is 17.5 Å². The fourth-order valence-corrected chi connectivity index (χ4v) is 3.77. The summed E-state index contributed by atoms with van der Waals surface area (Å²) < 4.78 is 0. The number of aromatic nitrogens is 1. The molecule has 3 heterocycles. The lowest BCUT2D eigenvalue weighted by Gasteiger charge is -2.38. The zero-order valence-corrected chi connectivity index (χ0v) is 15.2. The zero-order chi connectivity index (χ0) is 16.9. The van der Waals surface area contributed by atoms with Crippen LogP contribution >= 0.6 is 11.6 Å². The lowest BCUT2D eigenvalue weighted by atomic mass is 10.1. The molecular weight excluding hydrogens is 324 g/mol. The predicted octanol–water partition coefficient (Wildman–Crippen LogP) is 2.25. The number of halogens is 1. The molecular formula is C18H27ClN4O. The molecule has 0 N–H and O–H groups in total. The Hall–Kier alpha value is -1.17. The molecule has 1 aromatic heterocycles. The fraction of sp³-hybridized carbons (Fsp3) is 0.667. The van der Waals surface area contributed by atoms with Gasteiger partial charge in [0.15, 0.2) is 0 Å². The molecule has 1 amide bonds. The van der Waals surface area contributed by atoms with E-state index in [-0.39, 0.29) is 6.04 Å². The van der Waals surface area contributed by atoms with Crippen LogP contribution in [0.5, 0.6) is 0 Å². The number of amides is 1. The Labute approximate surface area is 149 Å². The highest BCUT2D eigenvalue weighted by Crippen LogP contribution is 2.18. The molecule has 132 valence electrons. The number of piperazine rings is 1. The van der Waals surface area contributed by atoms with E-state index in [2.05, 4.69) is 26.7 Å². The average Bonchev–Trinajstić information content (AvgIpc) is 2.81. The molecule has 5 nitrogen and oxygen atoms in total. The van der Waals surface area contributed by atoms with Crippen molar-refractivity contribution < 1.29 is 4.79 Å². The lowest BCUT2D eigenvalue weighted by molar-refractivity contribution is -0.138. The summed E-state index contributed by atoms with van der Waals surface area (Å²) in [4.78, 5) is 23.7. The lowest BCUT2D eigenvalue weighted by Crippen LogP contribution is -2.54. The molecule has 6 heteroatoms. The van der Waals surface area contributed by atoms with E-state index >= 15 is 0 Å². The first-order valence-corrected chi connectivity index (χ1v) is 9.33. The van der Waals surface area contributed by atoms with Gasteiger partial charge in [-0.25, -0.2) is 4.98 Å². The largest absolute Gasteiger partial charge is 0.339 e. The van der Waals surface area contributed by atoms with E-state index in [0.29, 0.717) is 11.1 Å². The number of likely N-dealkylation sites (tertiary alicyclic amines) is 1. The second kappa shape index (κ2) is 8.28. The third-order valence-corrected chi connectivity index (χ3v) is 5.41. The molecule has 2 fully saturated rings. The van der Waals surface area contributed by atoms with Crippen molar-refractivity contribution in [3.8, 4) is 0 Å². The number of pyridine rings is 1. The minimum Gasteiger partial charge on any atom is -0.339 e. The molecule has 2 saturated heterocycles. The Morgan fingerprint density at radius 2 is 1.96 bits per heavy atom. The molecule has 1 atom stereocenters. The van der Waals surface area contributed by atoms with Crippen LogP contribution in [0.1, 0.15) is 31.2 Å². The number of carbonyl (C=O) groups is 1. The van der Waals surface area contributed by atoms with Crippen LogP contribution in [-0.2, 0) is 11.3 Å². The Morgan fingerprint density at radius 1 is 1.17 bits per heavy atom. The first kappa shape index (κ1) is 17.6. The number of rotatable bonds is 3. The van der Waals surface area contributed by atoms with Crippen molar-refractivity contribution in [2.24, 2.45) is 0 Å². The van der Waals surface area contributed by atoms with Crippen molar-refractivity contribution in [2.45, 2.75) is 38.3 Å². The van der Waals surface area contributed by atoms with E-state index in [1.54, 1.807) is 0 Å². The second-order valence-electron chi connectivity index (χ2n) is 6.94. The molecule has 0 unspecified atom stereocenters. The fourth-order valence-electron chi connectivity index (χ4n) is 3.66. The SMILES string of the molecule is CN1CCCCC[C@H]1C(=O)N1CCN(Cc2ccc(Cl)nc2)CC1. The number of hydrogen-bond acceptors (Lipinski definition) is 4. The number of carbonyl (C=O) groups excluding carboxylic acids is 1. The van der Waals surface area contributed by atoms with Gasteiger partial charge in [0.2, 0.25) is 5.91 Å². The molecule has 0 spiro atoms. The van der Waals surface area contributed by atoms with E-state index in [1.165, 1.54) is 24.8 Å². The van der Waals surface area contributed by atoms with Crippen LogP contribution in [0.15, 0.2) is 18.3 Å². The highest BCUT2D eigenvalue weighted by molar-refractivity contribution is 6.29. The number of hydrogen-bond donors (Lipinski definition) is 0. The standard InChI is InChI=1S/C18H27ClN4O/c1-21-8-4-2-3-5-16(21)18(24)23-11-9-22(10-12-23)14-15-6-7-17(19)20-13-15/h6-7,13,16H,2-5,8-12,14H2,1H3/t16-/m0/s1. The van der Waals surface area contributed by atoms with Crippen LogP contribution in [-0.4, -0.2) is 71.4 Å². The molecule has 0 aliphatic carbocycles. The molecule has 0 radical (unpaired) electrons. The second-order valence-corrected chi connectivity index (χ2v) is 7.32. The average molecular weight is 351 g/mol. The monoisotopic (exact) mass is 350 g/mol. The van der Waals surface area contributed by atoms with Gasteiger partial charge in [-0.3, -0.25) is 14.6 Å². The van der Waals surface area contributed by atoms with Gasteiger partial charge in [0.1, 0.15) is 5.15 Å². The third-order valence-electron chi connectivity index (χ3n) is 5.18. The number of nitrogens with zero attached hydrogens (tertiary/aromatic N) is 4. The van der Waals surface area contributed by atoms with Gasteiger partial charge in [-0.2, -0.15) is 0 Å². The van der Waals surface area contributed by atoms with Crippen molar-refractivity contribution in [3.63, 3.8) is 0 Å². The van der Waals surface area contributed by atoms with Gasteiger partial charge in [-0.1, -0.05) is 30.5 Å². The number of likely N-dealkylation sites (N-methyl/N-ethyl adjacent to an activating group) is 1. The van der Waals surface area contributed by atoms with Crippen LogP contribution in [0.2, 0.25) is 5.15 Å². The molecule has 0 aromatic carbocycles. The summed E-state index contributed by atoms with van der Waals surface area (Å²) in [5.41, 5.74) is 1.17. The molecule has 1 aromatic rings. The zero-order valence-electron chi connectivity index (χ0n) is 14.5. The Balaban J connectivity index is 1.50. The van der Waals surface area contributed by atoms with E-state index in [0.717, 1.165) is 45.7 Å². The summed E-state index contributed by atoms with van der Waals surface area (Å²) in [6.07, 6.45) is 6.47. The molecule has 3 rings (SSSR count). The van der Waals surface area contributed by atoms with Crippen molar-refractivity contribution in [3.05, 3.63) is 29.0 Å². The van der Waals surface area contributed by atoms with Crippen LogP contribution < -0.4 is 0 Å². The molecule has 24 heavy (non-hydrogen) atoms. The maximum absolute atomic E-state index is 12.9. The molecule has 2 aliphatic rings. The predicted molar refractivity (Wildman–Crippen MR) is 96.0 cm³/mol. The summed E-state index contributed by atoms with van der Waals surface area (Å²) in [5, 5.41) is 0.529. The van der Waals surface area contributed by atoms with Crippen LogP contribution in [0.4, 0.5) is 0 Å². The smallest absolute Gasteiger partial charge is 0.240 e. The first-order chi connectivity index (χ1) is 11.6. The minimum absolute atomic E-state index is 0.0829. The van der Waals surface area contributed by atoms with Gasteiger partial charge in [0, 0.05) is 38.9 Å². The highest BCUT2D eigenvalue weighted by atomic mass is 35.5. The van der Waals surface area contributed by atoms with Gasteiger partial charge in [-0.15, -0.1) is 0 Å². The molecule has 0 saturated carbocycles. The van der Waals surface area contributed by atoms with E-state index < -0.39 is 0 Å². The molecule has 0 bridgehead atoms. The van der Waals surface area contributed by atoms with Crippen molar-refractivity contribution in [2.75, 3.05) is 39.8 Å². The Morgan fingerprint density at radius 3 is 2.67 bits per heavy atom. The first-order valence-electron chi connectivity index (χ1n) is 8.95. The Bertz CT molecular complexity index is 542. The van der Waals surface area contributed by atoms with Crippen LogP contribution in [0.3, 0.4) is 0 Å². The van der Waals surface area contributed by atoms with E-state index in [9.17, 15) is 4.79 Å². The van der Waals surface area contributed by atoms with Crippen molar-refractivity contribution in [1.82, 2.24) is 19.7 Å². The van der Waals surface area contributed by atoms with Crippen LogP contribution in [0.25, 0.3) is 0 Å². The van der Waals surface area contributed by atoms with Gasteiger partial charge < -0.3 is 4.90 Å². The topological polar surface area (TPSA) is 39.7 Å². The van der Waals surface area contributed by atoms with Crippen molar-refractivity contribution in [1.29, 1.82) is 0 Å². The summed E-state index contributed by atoms with van der Waals surface area (Å²) in [6, 6.07) is 3.94. The summed E-state index contributed by atoms with van der Waals surface area (Å²) >= 11 is 5.83. The third kappa shape index (κ3) is 4.47. The maximum atomic E-state index is 12.9. The maximum Gasteiger partial charge on any atom is 0.240 e. The summed E-state index contributed by atoms with van der Waals surface area (Å²) in [5.74, 6) is 0.326. The summed E-state index contributed by atoms with van der Waals surface area (Å²) in [6.45, 7) is 5.40. The normalized spacial score (nSPS) is 23.9.